The highest BCUT2D eigenvalue weighted by molar-refractivity contribution is 6.12. The molecule has 13 heteroatoms. The Balaban J connectivity index is 1.14. The molecule has 0 amide bonds. The molecule has 0 bridgehead atoms. The predicted molar refractivity (Wildman–Crippen MR) is 304 cm³/mol. The predicted octanol–water partition coefficient (Wildman–Crippen LogP) is 22.2. The van der Waals surface area contributed by atoms with Gasteiger partial charge in [0.05, 0.1) is 39.0 Å². The van der Waals surface area contributed by atoms with Crippen LogP contribution in [0, 0.1) is 0 Å². The van der Waals surface area contributed by atoms with Crippen molar-refractivity contribution in [2.24, 2.45) is 0 Å². The highest BCUT2D eigenvalue weighted by atomic mass is 19.4. The number of fused-ring (bicyclic) bond motifs is 3. The van der Waals surface area contributed by atoms with Gasteiger partial charge in [0.15, 0.2) is 0 Å². The summed E-state index contributed by atoms with van der Waals surface area (Å²) in [4.78, 5) is 0. The number of halogens is 12. The molecule has 0 spiro atoms. The van der Waals surface area contributed by atoms with Gasteiger partial charge < -0.3 is 4.57 Å². The molecular weight excluding hydrogens is 1080 g/mol. The van der Waals surface area contributed by atoms with Crippen LogP contribution in [0.15, 0.2) is 249 Å². The molecular formula is C70H41F12N. The molecule has 410 valence electrons. The lowest BCUT2D eigenvalue weighted by Gasteiger charge is -2.18. The van der Waals surface area contributed by atoms with Gasteiger partial charge in [-0.3, -0.25) is 0 Å². The van der Waals surface area contributed by atoms with Gasteiger partial charge in [0.25, 0.3) is 0 Å². The fourth-order valence-corrected chi connectivity index (χ4v) is 11.3. The van der Waals surface area contributed by atoms with E-state index in [1.807, 2.05) is 95.6 Å². The number of hydrogen-bond donors (Lipinski definition) is 0. The van der Waals surface area contributed by atoms with E-state index in [0.717, 1.165) is 46.5 Å². The van der Waals surface area contributed by atoms with E-state index in [1.54, 1.807) is 24.3 Å². The number of rotatable bonds is 9. The van der Waals surface area contributed by atoms with Crippen molar-refractivity contribution in [3.05, 3.63) is 271 Å². The minimum atomic E-state index is -4.84. The molecule has 11 aromatic carbocycles. The van der Waals surface area contributed by atoms with Crippen LogP contribution >= 0.6 is 0 Å². The van der Waals surface area contributed by atoms with Crippen LogP contribution in [0.2, 0.25) is 0 Å². The number of benzene rings is 11. The lowest BCUT2D eigenvalue weighted by atomic mass is 9.89. The van der Waals surface area contributed by atoms with Crippen molar-refractivity contribution in [2.75, 3.05) is 0 Å². The van der Waals surface area contributed by atoms with E-state index in [9.17, 15) is 52.7 Å². The van der Waals surface area contributed by atoms with Gasteiger partial charge >= 0.3 is 24.7 Å². The SMILES string of the molecule is FC(F)(F)c1ccccc1-c1cc(-c2ccc3c(c2)c2cc(-c4cc(-c5ccccc5C(F)(F)F)cc(-c5ccccc5C(F)(F)F)c4)ccc2n3-c2ccccc2-c2ccccc2-c2ccccc2)cc(-c2ccccc2C(F)(F)F)c1. The van der Waals surface area contributed by atoms with Crippen LogP contribution in [-0.2, 0) is 24.7 Å². The van der Waals surface area contributed by atoms with Crippen molar-refractivity contribution in [2.45, 2.75) is 24.7 Å². The summed E-state index contributed by atoms with van der Waals surface area (Å²) in [6.07, 6.45) is -19.3. The summed E-state index contributed by atoms with van der Waals surface area (Å²) in [5.41, 5.74) is 1.77. The van der Waals surface area contributed by atoms with E-state index in [4.69, 9.17) is 0 Å². The maximum absolute atomic E-state index is 14.8. The maximum atomic E-state index is 14.8. The van der Waals surface area contributed by atoms with E-state index in [1.165, 1.54) is 109 Å². The molecule has 12 rings (SSSR count). The molecule has 0 saturated carbocycles. The fraction of sp³-hybridized carbons (Fsp3) is 0.0571. The summed E-state index contributed by atoms with van der Waals surface area (Å²) >= 11 is 0. The molecule has 0 saturated heterocycles. The van der Waals surface area contributed by atoms with E-state index < -0.39 is 47.0 Å². The normalized spacial score (nSPS) is 12.3. The second-order valence-corrected chi connectivity index (χ2v) is 20.0. The van der Waals surface area contributed by atoms with Crippen molar-refractivity contribution in [3.63, 3.8) is 0 Å². The maximum Gasteiger partial charge on any atom is 0.417 e. The van der Waals surface area contributed by atoms with Gasteiger partial charge in [-0.25, -0.2) is 0 Å². The van der Waals surface area contributed by atoms with E-state index in [2.05, 4.69) is 0 Å². The Kier molecular flexibility index (Phi) is 13.5. The van der Waals surface area contributed by atoms with Crippen molar-refractivity contribution < 1.29 is 52.7 Å². The van der Waals surface area contributed by atoms with Gasteiger partial charge in [-0.15, -0.1) is 0 Å². The summed E-state index contributed by atoms with van der Waals surface area (Å²) in [6.45, 7) is 0. The topological polar surface area (TPSA) is 4.93 Å². The Bertz CT molecular complexity index is 4080. The third-order valence-electron chi connectivity index (χ3n) is 14.9. The first-order chi connectivity index (χ1) is 39.7. The second kappa shape index (κ2) is 20.7. The smallest absolute Gasteiger partial charge is 0.309 e. The van der Waals surface area contributed by atoms with Crippen molar-refractivity contribution in [1.82, 2.24) is 4.57 Å². The van der Waals surface area contributed by atoms with Gasteiger partial charge in [-0.05, 0) is 174 Å². The minimum Gasteiger partial charge on any atom is -0.309 e. The van der Waals surface area contributed by atoms with Gasteiger partial charge in [0, 0.05) is 16.3 Å². The first-order valence-electron chi connectivity index (χ1n) is 26.0. The van der Waals surface area contributed by atoms with Gasteiger partial charge in [-0.1, -0.05) is 158 Å². The zero-order valence-electron chi connectivity index (χ0n) is 43.2. The number of para-hydroxylation sites is 1. The quantitative estimate of drug-likeness (QED) is 0.127. The third-order valence-corrected chi connectivity index (χ3v) is 14.9. The van der Waals surface area contributed by atoms with E-state index in [-0.39, 0.29) is 55.6 Å². The molecule has 0 radical (unpaired) electrons. The molecule has 12 aromatic rings. The van der Waals surface area contributed by atoms with Crippen LogP contribution < -0.4 is 0 Å². The lowest BCUT2D eigenvalue weighted by molar-refractivity contribution is -0.137. The molecule has 1 heterocycles. The lowest BCUT2D eigenvalue weighted by Crippen LogP contribution is -2.08. The first kappa shape index (κ1) is 54.0. The standard InChI is InChI=1S/C70H41F12N/c71-67(72,73)60-25-11-6-19-52(60)47-34-45(35-48(38-47)53-20-7-12-26-61(53)68(74,75)76)43-30-32-65-58(40-43)59-41-44(31-33-66(59)83(65)64-29-15-10-24-57(64)56-23-5-4-18-51(56)42-16-2-1-3-17-42)46-36-49(54-21-8-13-27-62(54)69(77,78)79)39-50(37-46)55-22-9-14-28-63(55)70(80,81)82/h1-41H. The molecule has 0 fully saturated rings. The summed E-state index contributed by atoms with van der Waals surface area (Å²) < 4.78 is 179. The number of alkyl halides is 12. The molecule has 1 nitrogen and oxygen atoms in total. The third kappa shape index (κ3) is 10.3. The Labute approximate surface area is 467 Å². The number of aromatic nitrogens is 1. The van der Waals surface area contributed by atoms with Crippen LogP contribution in [0.3, 0.4) is 0 Å². The Morgan fingerprint density at radius 2 is 0.494 bits per heavy atom. The molecule has 1 aromatic heterocycles. The molecule has 0 aliphatic rings. The van der Waals surface area contributed by atoms with Gasteiger partial charge in [-0.2, -0.15) is 52.7 Å². The largest absolute Gasteiger partial charge is 0.417 e. The molecule has 83 heavy (non-hydrogen) atoms. The summed E-state index contributed by atoms with van der Waals surface area (Å²) in [5.74, 6) is 0. The number of nitrogens with zero attached hydrogens (tertiary/aromatic N) is 1. The van der Waals surface area contributed by atoms with Crippen LogP contribution in [0.25, 0.3) is 117 Å². The Morgan fingerprint density at radius 1 is 0.205 bits per heavy atom. The molecule has 0 atom stereocenters. The van der Waals surface area contributed by atoms with Gasteiger partial charge in [0.2, 0.25) is 0 Å². The van der Waals surface area contributed by atoms with Crippen LogP contribution in [-0.4, -0.2) is 4.57 Å². The minimum absolute atomic E-state index is 0.00639. The monoisotopic (exact) mass is 1120 g/mol. The van der Waals surface area contributed by atoms with E-state index in [0.29, 0.717) is 38.6 Å². The average molecular weight is 1120 g/mol. The first-order valence-corrected chi connectivity index (χ1v) is 26.0. The highest BCUT2D eigenvalue weighted by Crippen LogP contribution is 2.48. The zero-order valence-corrected chi connectivity index (χ0v) is 43.2. The van der Waals surface area contributed by atoms with Crippen molar-refractivity contribution in [1.29, 1.82) is 0 Å². The fourth-order valence-electron chi connectivity index (χ4n) is 11.3. The molecule has 0 aliphatic carbocycles. The molecule has 0 N–H and O–H groups in total. The summed E-state index contributed by atoms with van der Waals surface area (Å²) in [7, 11) is 0. The summed E-state index contributed by atoms with van der Waals surface area (Å²) in [5, 5.41) is 1.09. The Hall–Kier alpha value is -9.62. The second-order valence-electron chi connectivity index (χ2n) is 20.0. The van der Waals surface area contributed by atoms with Crippen LogP contribution in [0.4, 0.5) is 52.7 Å². The van der Waals surface area contributed by atoms with Crippen molar-refractivity contribution >= 4 is 21.8 Å². The van der Waals surface area contributed by atoms with Gasteiger partial charge in [0.1, 0.15) is 0 Å². The highest BCUT2D eigenvalue weighted by Gasteiger charge is 2.37. The number of hydrogen-bond acceptors (Lipinski definition) is 0. The Morgan fingerprint density at radius 3 is 0.855 bits per heavy atom. The summed E-state index contributed by atoms with van der Waals surface area (Å²) in [6, 6.07) is 63.9. The van der Waals surface area contributed by atoms with Crippen LogP contribution in [0.5, 0.6) is 0 Å². The van der Waals surface area contributed by atoms with E-state index >= 15 is 0 Å². The zero-order chi connectivity index (χ0) is 58.0. The molecule has 0 aliphatic heterocycles. The average Bonchev–Trinajstić information content (AvgIpc) is 2.39. The van der Waals surface area contributed by atoms with Crippen LogP contribution in [0.1, 0.15) is 22.3 Å². The van der Waals surface area contributed by atoms with Crippen molar-refractivity contribution in [3.8, 4) is 94.7 Å². The molecule has 0 unspecified atom stereocenters.